The molecule has 102 valence electrons. The van der Waals surface area contributed by atoms with Crippen LogP contribution >= 0.6 is 23.8 Å². The molecule has 0 aliphatic rings. The maximum Gasteiger partial charge on any atom is 0.285 e. The molecule has 0 aliphatic carbocycles. The van der Waals surface area contributed by atoms with Gasteiger partial charge in [0.1, 0.15) is 0 Å². The first-order chi connectivity index (χ1) is 9.49. The molecule has 0 atom stereocenters. The van der Waals surface area contributed by atoms with Crippen LogP contribution in [-0.2, 0) is 0 Å². The zero-order chi connectivity index (χ0) is 14.7. The van der Waals surface area contributed by atoms with E-state index >= 15 is 0 Å². The number of nitrogen functional groups attached to an aromatic ring is 2. The van der Waals surface area contributed by atoms with Crippen molar-refractivity contribution < 1.29 is 4.99 Å². The van der Waals surface area contributed by atoms with Gasteiger partial charge in [0, 0.05) is 17.4 Å². The van der Waals surface area contributed by atoms with Crippen LogP contribution in [0.5, 0.6) is 0 Å². The predicted octanol–water partition coefficient (Wildman–Crippen LogP) is 0.0137. The molecule has 20 heavy (non-hydrogen) atoms. The number of nitrogens with zero attached hydrogens (tertiary/aromatic N) is 1. The number of nitrogens with two attached hydrogens (primary N) is 3. The zero-order valence-corrected chi connectivity index (χ0v) is 12.0. The van der Waals surface area contributed by atoms with Gasteiger partial charge in [-0.15, -0.1) is 0 Å². The number of pyridine rings is 1. The van der Waals surface area contributed by atoms with Crippen LogP contribution < -0.4 is 22.2 Å². The summed E-state index contributed by atoms with van der Waals surface area (Å²) in [4.78, 5) is 6.91. The number of aromatic nitrogens is 1. The average Bonchev–Trinajstić information content (AvgIpc) is 2.39. The lowest BCUT2D eigenvalue weighted by atomic mass is 10.0. The summed E-state index contributed by atoms with van der Waals surface area (Å²) in [6.07, 6.45) is 1.66. The van der Waals surface area contributed by atoms with Crippen molar-refractivity contribution in [3.8, 4) is 11.3 Å². The Kier molecular flexibility index (Phi) is 4.16. The van der Waals surface area contributed by atoms with E-state index in [0.29, 0.717) is 22.0 Å². The first-order valence-corrected chi connectivity index (χ1v) is 6.47. The molecule has 0 radical (unpaired) electrons. The molecule has 1 aromatic heterocycles. The second kappa shape index (κ2) is 5.85. The highest BCUT2D eigenvalue weighted by atomic mass is 35.5. The summed E-state index contributed by atoms with van der Waals surface area (Å²) >= 11 is 10.9. The van der Waals surface area contributed by atoms with Gasteiger partial charge in [0.05, 0.1) is 16.3 Å². The summed E-state index contributed by atoms with van der Waals surface area (Å²) in [5, 5.41) is 0.618. The standard InChI is InChI=1S/C13H12ClN5S/c14-9-2-1-5-18-11(9)7-3-4-10(15)8(6-7)12(16)19-13(17)20/h1-6H,15H2,(H4,16,17,19,20)/p+1. The SMILES string of the molecule is NC(=S)/[NH+]=C(\N)c1cc(-c2ncccc2Cl)ccc1N. The molecule has 7 heteroatoms. The lowest BCUT2D eigenvalue weighted by Crippen LogP contribution is -2.81. The maximum atomic E-state index is 6.13. The van der Waals surface area contributed by atoms with Gasteiger partial charge >= 0.3 is 0 Å². The van der Waals surface area contributed by atoms with Crippen LogP contribution in [-0.4, -0.2) is 15.9 Å². The Balaban J connectivity index is 2.55. The molecule has 5 nitrogen and oxygen atoms in total. The topological polar surface area (TPSA) is 105 Å². The van der Waals surface area contributed by atoms with Crippen LogP contribution in [0.1, 0.15) is 5.56 Å². The number of hydrogen-bond donors (Lipinski definition) is 4. The molecule has 1 heterocycles. The quantitative estimate of drug-likeness (QED) is 0.271. The molecule has 0 fully saturated rings. The van der Waals surface area contributed by atoms with Gasteiger partial charge in [0.25, 0.3) is 5.11 Å². The van der Waals surface area contributed by atoms with Crippen LogP contribution in [0.4, 0.5) is 5.69 Å². The fourth-order valence-corrected chi connectivity index (χ4v) is 2.08. The fraction of sp³-hybridized carbons (Fsp3) is 0. The number of hydrogen-bond acceptors (Lipinski definition) is 3. The van der Waals surface area contributed by atoms with E-state index in [1.807, 2.05) is 6.07 Å². The largest absolute Gasteiger partial charge is 0.398 e. The molecule has 0 aliphatic heterocycles. The van der Waals surface area contributed by atoms with Crippen molar-refractivity contribution >= 4 is 40.5 Å². The normalized spacial score (nSPS) is 11.3. The third-order valence-electron chi connectivity index (χ3n) is 2.63. The van der Waals surface area contributed by atoms with Crippen LogP contribution in [0.25, 0.3) is 11.3 Å². The van der Waals surface area contributed by atoms with E-state index in [9.17, 15) is 0 Å². The highest BCUT2D eigenvalue weighted by Crippen LogP contribution is 2.27. The number of thiocarbonyl (C=S) groups is 1. The van der Waals surface area contributed by atoms with Crippen molar-refractivity contribution in [2.75, 3.05) is 5.73 Å². The first kappa shape index (κ1) is 14.2. The van der Waals surface area contributed by atoms with E-state index in [2.05, 4.69) is 9.98 Å². The summed E-state index contributed by atoms with van der Waals surface area (Å²) in [7, 11) is 0. The molecule has 0 spiro atoms. The summed E-state index contributed by atoms with van der Waals surface area (Å²) in [6.45, 7) is 0. The first-order valence-electron chi connectivity index (χ1n) is 5.68. The molecule has 0 saturated carbocycles. The van der Waals surface area contributed by atoms with E-state index in [0.717, 1.165) is 5.56 Å². The third-order valence-corrected chi connectivity index (χ3v) is 3.04. The maximum absolute atomic E-state index is 6.13. The Morgan fingerprint density at radius 3 is 2.65 bits per heavy atom. The van der Waals surface area contributed by atoms with E-state index < -0.39 is 0 Å². The lowest BCUT2D eigenvalue weighted by Gasteiger charge is -2.07. The van der Waals surface area contributed by atoms with Crippen LogP contribution in [0, 0.1) is 0 Å². The van der Waals surface area contributed by atoms with Crippen LogP contribution in [0.3, 0.4) is 0 Å². The van der Waals surface area contributed by atoms with Gasteiger partial charge in [0.15, 0.2) is 0 Å². The van der Waals surface area contributed by atoms with Crippen molar-refractivity contribution in [1.82, 2.24) is 4.98 Å². The Bertz CT molecular complexity index is 699. The van der Waals surface area contributed by atoms with E-state index in [4.69, 9.17) is 41.0 Å². The van der Waals surface area contributed by atoms with E-state index in [-0.39, 0.29) is 10.9 Å². The van der Waals surface area contributed by atoms with Crippen molar-refractivity contribution in [3.63, 3.8) is 0 Å². The predicted molar refractivity (Wildman–Crippen MR) is 85.1 cm³/mol. The number of rotatable bonds is 2. The minimum atomic E-state index is 0.0724. The van der Waals surface area contributed by atoms with Gasteiger partial charge in [-0.2, -0.15) is 0 Å². The van der Waals surface area contributed by atoms with Crippen molar-refractivity contribution in [1.29, 1.82) is 0 Å². The molecular formula is C13H13ClN5S+. The third kappa shape index (κ3) is 3.04. The van der Waals surface area contributed by atoms with Crippen molar-refractivity contribution in [2.45, 2.75) is 0 Å². The monoisotopic (exact) mass is 306 g/mol. The van der Waals surface area contributed by atoms with E-state index in [1.165, 1.54) is 0 Å². The number of halogens is 1. The molecule has 7 N–H and O–H groups in total. The van der Waals surface area contributed by atoms with Gasteiger partial charge < -0.3 is 17.2 Å². The van der Waals surface area contributed by atoms with Crippen molar-refractivity contribution in [2.24, 2.45) is 11.5 Å². The Hall–Kier alpha value is -2.18. The number of benzene rings is 1. The van der Waals surface area contributed by atoms with Gasteiger partial charge in [-0.05, 0) is 36.5 Å². The Labute approximate surface area is 126 Å². The second-order valence-corrected chi connectivity index (χ2v) is 4.89. The fourth-order valence-electron chi connectivity index (χ4n) is 1.74. The van der Waals surface area contributed by atoms with Gasteiger partial charge in [-0.1, -0.05) is 17.7 Å². The highest BCUT2D eigenvalue weighted by Gasteiger charge is 2.12. The Morgan fingerprint density at radius 1 is 1.25 bits per heavy atom. The molecule has 0 saturated heterocycles. The molecule has 0 unspecified atom stereocenters. The highest BCUT2D eigenvalue weighted by molar-refractivity contribution is 7.79. The molecule has 2 aromatic rings. The van der Waals surface area contributed by atoms with Gasteiger partial charge in [0.2, 0.25) is 5.84 Å². The molecule has 2 rings (SSSR count). The van der Waals surface area contributed by atoms with Crippen LogP contribution in [0.2, 0.25) is 5.02 Å². The average molecular weight is 307 g/mol. The summed E-state index contributed by atoms with van der Waals surface area (Å²) in [5.74, 6) is 0.281. The Morgan fingerprint density at radius 2 is 2.00 bits per heavy atom. The minimum absolute atomic E-state index is 0.0724. The van der Waals surface area contributed by atoms with Gasteiger partial charge in [-0.25, -0.2) is 4.99 Å². The number of amidine groups is 1. The lowest BCUT2D eigenvalue weighted by molar-refractivity contribution is -0.313. The molecular weight excluding hydrogens is 294 g/mol. The zero-order valence-electron chi connectivity index (χ0n) is 10.4. The summed E-state index contributed by atoms with van der Waals surface area (Å²) < 4.78 is 0. The second-order valence-electron chi connectivity index (χ2n) is 4.04. The molecule has 1 aromatic carbocycles. The number of nitrogens with one attached hydrogen (secondary N) is 1. The summed E-state index contributed by atoms with van der Waals surface area (Å²) in [5.41, 5.74) is 19.7. The van der Waals surface area contributed by atoms with Gasteiger partial charge in [-0.3, -0.25) is 4.98 Å². The van der Waals surface area contributed by atoms with Crippen molar-refractivity contribution in [3.05, 3.63) is 47.1 Å². The smallest absolute Gasteiger partial charge is 0.285 e. The minimum Gasteiger partial charge on any atom is -0.398 e. The van der Waals surface area contributed by atoms with E-state index in [1.54, 1.807) is 30.5 Å². The summed E-state index contributed by atoms with van der Waals surface area (Å²) in [6, 6.07) is 8.86. The molecule has 0 bridgehead atoms. The molecule has 0 amide bonds. The number of anilines is 1. The van der Waals surface area contributed by atoms with Crippen LogP contribution in [0.15, 0.2) is 36.5 Å².